The minimum Gasteiger partial charge on any atom is -0.479 e. The molecule has 3 heterocycles. The zero-order valence-corrected chi connectivity index (χ0v) is 11.5. The lowest BCUT2D eigenvalue weighted by molar-refractivity contribution is -0.152. The predicted molar refractivity (Wildman–Crippen MR) is 71.3 cm³/mol. The van der Waals surface area contributed by atoms with E-state index in [1.165, 1.54) is 16.2 Å². The van der Waals surface area contributed by atoms with Crippen LogP contribution in [0.15, 0.2) is 11.4 Å². The Kier molecular flexibility index (Phi) is 3.21. The summed E-state index contributed by atoms with van der Waals surface area (Å²) in [5.41, 5.74) is 0.700. The molecule has 1 saturated heterocycles. The molecule has 0 aromatic carbocycles. The molecule has 2 aliphatic rings. The number of aliphatic carboxylic acids is 1. The summed E-state index contributed by atoms with van der Waals surface area (Å²) >= 11 is 1.52. The molecular weight excluding hydrogens is 280 g/mol. The van der Waals surface area contributed by atoms with E-state index in [9.17, 15) is 19.5 Å². The Hall–Kier alpha value is -1.89. The van der Waals surface area contributed by atoms with Crippen LogP contribution < -0.4 is 5.32 Å². The fraction of sp³-hybridized carbons (Fsp3) is 0.462. The molecule has 2 aliphatic heterocycles. The Bertz CT molecular complexity index is 583. The number of carboxylic acid groups (broad SMARTS) is 1. The van der Waals surface area contributed by atoms with Gasteiger partial charge in [0.25, 0.3) is 0 Å². The lowest BCUT2D eigenvalue weighted by atomic mass is 9.99. The number of carboxylic acids is 1. The van der Waals surface area contributed by atoms with Crippen LogP contribution >= 0.6 is 11.3 Å². The highest BCUT2D eigenvalue weighted by atomic mass is 32.1. The van der Waals surface area contributed by atoms with E-state index >= 15 is 0 Å². The number of amides is 2. The lowest BCUT2D eigenvalue weighted by Crippen LogP contribution is -2.50. The van der Waals surface area contributed by atoms with E-state index in [0.29, 0.717) is 31.4 Å². The summed E-state index contributed by atoms with van der Waals surface area (Å²) in [6.07, 6.45) is 1.44. The van der Waals surface area contributed by atoms with E-state index in [4.69, 9.17) is 0 Å². The van der Waals surface area contributed by atoms with Crippen LogP contribution in [0.1, 0.15) is 29.3 Å². The number of carbonyl (C=O) groups excluding carboxylic acids is 2. The van der Waals surface area contributed by atoms with Crippen LogP contribution in [-0.4, -0.2) is 40.4 Å². The van der Waals surface area contributed by atoms with Crippen LogP contribution in [-0.2, 0) is 20.8 Å². The van der Waals surface area contributed by atoms with E-state index in [1.54, 1.807) is 6.07 Å². The zero-order valence-electron chi connectivity index (χ0n) is 10.7. The molecule has 2 atom stereocenters. The maximum absolute atomic E-state index is 12.4. The molecule has 7 heteroatoms. The van der Waals surface area contributed by atoms with Gasteiger partial charge in [-0.1, -0.05) is 0 Å². The molecule has 0 aliphatic carbocycles. The normalized spacial score (nSPS) is 25.2. The van der Waals surface area contributed by atoms with Crippen molar-refractivity contribution in [2.24, 2.45) is 0 Å². The summed E-state index contributed by atoms with van der Waals surface area (Å²) < 4.78 is 0. The van der Waals surface area contributed by atoms with Gasteiger partial charge in [-0.15, -0.1) is 11.3 Å². The van der Waals surface area contributed by atoms with Gasteiger partial charge >= 0.3 is 5.97 Å². The molecule has 0 radical (unpaired) electrons. The third kappa shape index (κ3) is 2.07. The lowest BCUT2D eigenvalue weighted by Gasteiger charge is -2.34. The highest BCUT2D eigenvalue weighted by Crippen LogP contribution is 2.34. The first-order chi connectivity index (χ1) is 9.58. The van der Waals surface area contributed by atoms with Crippen molar-refractivity contribution in [3.05, 3.63) is 21.9 Å². The van der Waals surface area contributed by atoms with Crippen molar-refractivity contribution in [3.63, 3.8) is 0 Å². The molecule has 6 nitrogen and oxygen atoms in total. The molecule has 0 saturated carbocycles. The number of carbonyl (C=O) groups is 3. The van der Waals surface area contributed by atoms with Crippen molar-refractivity contribution < 1.29 is 19.5 Å². The van der Waals surface area contributed by atoms with Crippen molar-refractivity contribution in [2.45, 2.75) is 31.3 Å². The Morgan fingerprint density at radius 1 is 1.40 bits per heavy atom. The smallest absolute Gasteiger partial charge is 0.331 e. The van der Waals surface area contributed by atoms with Gasteiger partial charge in [-0.25, -0.2) is 4.79 Å². The maximum atomic E-state index is 12.4. The number of fused-ring (bicyclic) bond motifs is 1. The summed E-state index contributed by atoms with van der Waals surface area (Å²) in [7, 11) is 0. The molecule has 0 spiro atoms. The monoisotopic (exact) mass is 294 g/mol. The van der Waals surface area contributed by atoms with Crippen molar-refractivity contribution in [1.29, 1.82) is 0 Å². The summed E-state index contributed by atoms with van der Waals surface area (Å²) in [6.45, 7) is 0.385. The SMILES string of the molecule is O=C1CC[C@@H](C(=O)N2CCc3sccc3C2C(=O)O)N1. The highest BCUT2D eigenvalue weighted by molar-refractivity contribution is 7.10. The number of thiophene rings is 1. The summed E-state index contributed by atoms with van der Waals surface area (Å²) in [6, 6.07) is 0.255. The molecule has 1 unspecified atom stereocenters. The quantitative estimate of drug-likeness (QED) is 0.833. The standard InChI is InChI=1S/C13H14N2O4S/c16-10-2-1-8(14-10)12(17)15-5-3-9-7(4-6-20-9)11(15)13(18)19/h4,6,8,11H,1-3,5H2,(H,14,16)(H,18,19)/t8-,11?/m0/s1. The van der Waals surface area contributed by atoms with Crippen molar-refractivity contribution in [1.82, 2.24) is 10.2 Å². The topological polar surface area (TPSA) is 86.7 Å². The number of nitrogens with one attached hydrogen (secondary N) is 1. The van der Waals surface area contributed by atoms with Crippen LogP contribution in [0.5, 0.6) is 0 Å². The van der Waals surface area contributed by atoms with Gasteiger partial charge in [-0.3, -0.25) is 9.59 Å². The fourth-order valence-electron chi connectivity index (χ4n) is 2.82. The van der Waals surface area contributed by atoms with Gasteiger partial charge < -0.3 is 15.3 Å². The summed E-state index contributed by atoms with van der Waals surface area (Å²) in [5.74, 6) is -1.47. The second kappa shape index (κ2) is 4.90. The van der Waals surface area contributed by atoms with E-state index in [-0.39, 0.29) is 11.8 Å². The van der Waals surface area contributed by atoms with Crippen LogP contribution in [0, 0.1) is 0 Å². The second-order valence-electron chi connectivity index (χ2n) is 4.98. The minimum absolute atomic E-state index is 0.150. The molecule has 1 fully saturated rings. The average Bonchev–Trinajstić information content (AvgIpc) is 3.04. The minimum atomic E-state index is -1.03. The molecule has 2 amide bonds. The number of rotatable bonds is 2. The van der Waals surface area contributed by atoms with Gasteiger partial charge in [0, 0.05) is 17.8 Å². The van der Waals surface area contributed by atoms with Crippen LogP contribution in [0.3, 0.4) is 0 Å². The molecule has 20 heavy (non-hydrogen) atoms. The Labute approximate surface area is 119 Å². The molecule has 106 valence electrons. The molecule has 0 bridgehead atoms. The largest absolute Gasteiger partial charge is 0.479 e. The van der Waals surface area contributed by atoms with Crippen LogP contribution in [0.4, 0.5) is 0 Å². The number of hydrogen-bond acceptors (Lipinski definition) is 4. The van der Waals surface area contributed by atoms with E-state index < -0.39 is 18.1 Å². The fourth-order valence-corrected chi connectivity index (χ4v) is 3.72. The molecular formula is C13H14N2O4S. The van der Waals surface area contributed by atoms with E-state index in [0.717, 1.165) is 4.88 Å². The van der Waals surface area contributed by atoms with E-state index in [2.05, 4.69) is 5.32 Å². The van der Waals surface area contributed by atoms with Crippen molar-refractivity contribution in [3.8, 4) is 0 Å². The van der Waals surface area contributed by atoms with Gasteiger partial charge in [0.05, 0.1) is 0 Å². The third-order valence-electron chi connectivity index (χ3n) is 3.78. The third-order valence-corrected chi connectivity index (χ3v) is 4.77. The number of hydrogen-bond donors (Lipinski definition) is 2. The van der Waals surface area contributed by atoms with Gasteiger partial charge in [-0.2, -0.15) is 0 Å². The van der Waals surface area contributed by atoms with Crippen molar-refractivity contribution in [2.75, 3.05) is 6.54 Å². The first kappa shape index (κ1) is 13.1. The molecule has 1 aromatic rings. The molecule has 3 rings (SSSR count). The molecule has 2 N–H and O–H groups in total. The Morgan fingerprint density at radius 3 is 2.85 bits per heavy atom. The van der Waals surface area contributed by atoms with Crippen LogP contribution in [0.25, 0.3) is 0 Å². The van der Waals surface area contributed by atoms with Crippen LogP contribution in [0.2, 0.25) is 0 Å². The van der Waals surface area contributed by atoms with Gasteiger partial charge in [0.15, 0.2) is 6.04 Å². The van der Waals surface area contributed by atoms with Gasteiger partial charge in [0.2, 0.25) is 11.8 Å². The van der Waals surface area contributed by atoms with Gasteiger partial charge in [-0.05, 0) is 29.9 Å². The highest BCUT2D eigenvalue weighted by Gasteiger charge is 2.40. The van der Waals surface area contributed by atoms with Gasteiger partial charge in [0.1, 0.15) is 6.04 Å². The predicted octanol–water partition coefficient (Wildman–Crippen LogP) is 0.537. The maximum Gasteiger partial charge on any atom is 0.331 e. The number of nitrogens with zero attached hydrogens (tertiary/aromatic N) is 1. The first-order valence-corrected chi connectivity index (χ1v) is 7.35. The Morgan fingerprint density at radius 2 is 2.20 bits per heavy atom. The zero-order chi connectivity index (χ0) is 14.3. The summed E-state index contributed by atoms with van der Waals surface area (Å²) in [5, 5.41) is 13.9. The summed E-state index contributed by atoms with van der Waals surface area (Å²) in [4.78, 5) is 37.6. The molecule has 1 aromatic heterocycles. The second-order valence-corrected chi connectivity index (χ2v) is 5.98. The van der Waals surface area contributed by atoms with Crippen molar-refractivity contribution >= 4 is 29.1 Å². The average molecular weight is 294 g/mol. The first-order valence-electron chi connectivity index (χ1n) is 6.47. The Balaban J connectivity index is 1.87. The van der Waals surface area contributed by atoms with E-state index in [1.807, 2.05) is 5.38 Å².